The zero-order chi connectivity index (χ0) is 35.7. The molecule has 0 aromatic heterocycles. The van der Waals surface area contributed by atoms with E-state index in [2.05, 4.69) is 42.7 Å². The van der Waals surface area contributed by atoms with Crippen molar-refractivity contribution in [1.29, 1.82) is 0 Å². The zero-order valence-electron chi connectivity index (χ0n) is 28.5. The van der Waals surface area contributed by atoms with Crippen molar-refractivity contribution in [2.75, 3.05) is 19.8 Å². The summed E-state index contributed by atoms with van der Waals surface area (Å²) < 4.78 is 32.3. The average Bonchev–Trinajstić information content (AvgIpc) is 3.05. The van der Waals surface area contributed by atoms with Gasteiger partial charge in [0.1, 0.15) is 12.6 Å². The lowest BCUT2D eigenvalue weighted by molar-refractivity contribution is -0.161. The summed E-state index contributed by atoms with van der Waals surface area (Å²) in [5, 5.41) is 8.83. The van der Waals surface area contributed by atoms with Crippen molar-refractivity contribution >= 4 is 25.7 Å². The van der Waals surface area contributed by atoms with Crippen LogP contribution in [0.4, 0.5) is 0 Å². The topological polar surface area (TPSA) is 172 Å². The first kappa shape index (κ1) is 44.7. The van der Waals surface area contributed by atoms with Crippen LogP contribution in [-0.2, 0) is 37.5 Å². The second-order valence-corrected chi connectivity index (χ2v) is 12.2. The van der Waals surface area contributed by atoms with Crippen molar-refractivity contribution in [2.45, 2.75) is 103 Å². The molecule has 0 saturated carbocycles. The fourth-order valence-corrected chi connectivity index (χ4v) is 4.38. The molecule has 0 fully saturated rings. The van der Waals surface area contributed by atoms with Crippen molar-refractivity contribution in [1.82, 2.24) is 0 Å². The monoisotopic (exact) mass is 693 g/mol. The first-order chi connectivity index (χ1) is 23.1. The molecule has 0 bridgehead atoms. The van der Waals surface area contributed by atoms with Gasteiger partial charge in [-0.05, 0) is 44.9 Å². The van der Waals surface area contributed by atoms with Crippen molar-refractivity contribution in [3.8, 4) is 0 Å². The van der Waals surface area contributed by atoms with Gasteiger partial charge in [0, 0.05) is 12.8 Å². The van der Waals surface area contributed by atoms with Crippen molar-refractivity contribution < 1.29 is 47.5 Å². The molecule has 0 amide bonds. The highest BCUT2D eigenvalue weighted by atomic mass is 31.2. The maximum Gasteiger partial charge on any atom is 0.472 e. The molecular weight excluding hydrogens is 637 g/mol. The minimum Gasteiger partial charge on any atom is -0.480 e. The van der Waals surface area contributed by atoms with Crippen molar-refractivity contribution in [2.24, 2.45) is 5.73 Å². The van der Waals surface area contributed by atoms with Crippen LogP contribution in [0.15, 0.2) is 85.1 Å². The van der Waals surface area contributed by atoms with E-state index in [1.54, 1.807) is 0 Å². The number of hydrogen-bond acceptors (Lipinski definition) is 9. The quantitative estimate of drug-likeness (QED) is 0.0305. The summed E-state index contributed by atoms with van der Waals surface area (Å²) in [5.74, 6) is -2.53. The number of carboxylic acids is 1. The fourth-order valence-electron chi connectivity index (χ4n) is 3.60. The van der Waals surface area contributed by atoms with E-state index in [1.807, 2.05) is 60.8 Å². The Labute approximate surface area is 286 Å². The molecule has 0 aromatic carbocycles. The van der Waals surface area contributed by atoms with E-state index in [4.69, 9.17) is 24.8 Å². The number of phosphoric acid groups is 1. The molecule has 0 aliphatic heterocycles. The summed E-state index contributed by atoms with van der Waals surface area (Å²) in [5.41, 5.74) is 5.29. The molecule has 2 unspecified atom stereocenters. The fraction of sp³-hybridized carbons (Fsp3) is 0.528. The number of carbonyl (C=O) groups excluding carboxylic acids is 2. The molecule has 48 heavy (non-hydrogen) atoms. The lowest BCUT2D eigenvalue weighted by Crippen LogP contribution is -2.34. The maximum atomic E-state index is 12.5. The van der Waals surface area contributed by atoms with E-state index in [0.29, 0.717) is 19.3 Å². The SMILES string of the molecule is CC/C=C/C=C/C=C/C=C/C=C/CCCC(=O)OC(COC(=O)CCCCC/C=C/C=C/CCCC)COP(=O)(O)OC[C@H](N)C(=O)O. The molecule has 11 nitrogen and oxygen atoms in total. The number of hydrogen-bond donors (Lipinski definition) is 3. The summed E-state index contributed by atoms with van der Waals surface area (Å²) in [4.78, 5) is 45.5. The van der Waals surface area contributed by atoms with Crippen LogP contribution < -0.4 is 5.73 Å². The molecule has 0 rings (SSSR count). The second kappa shape index (κ2) is 31.0. The van der Waals surface area contributed by atoms with Gasteiger partial charge in [-0.15, -0.1) is 0 Å². The predicted molar refractivity (Wildman–Crippen MR) is 189 cm³/mol. The van der Waals surface area contributed by atoms with Gasteiger partial charge in [0.25, 0.3) is 0 Å². The molecule has 0 spiro atoms. The lowest BCUT2D eigenvalue weighted by Gasteiger charge is -2.20. The van der Waals surface area contributed by atoms with Crippen LogP contribution >= 0.6 is 7.82 Å². The first-order valence-electron chi connectivity index (χ1n) is 16.7. The Bertz CT molecular complexity index is 1140. The Morgan fingerprint density at radius 2 is 1.19 bits per heavy atom. The third kappa shape index (κ3) is 30.0. The van der Waals surface area contributed by atoms with Crippen LogP contribution in [0.25, 0.3) is 0 Å². The number of esters is 2. The number of aliphatic carboxylic acids is 1. The molecule has 0 aliphatic carbocycles. The maximum absolute atomic E-state index is 12.5. The highest BCUT2D eigenvalue weighted by Crippen LogP contribution is 2.43. The molecular formula is C36H56NO10P. The first-order valence-corrected chi connectivity index (χ1v) is 18.2. The number of unbranched alkanes of at least 4 members (excludes halogenated alkanes) is 6. The summed E-state index contributed by atoms with van der Waals surface area (Å²) in [7, 11) is -4.73. The van der Waals surface area contributed by atoms with Crippen LogP contribution in [-0.4, -0.2) is 59.9 Å². The van der Waals surface area contributed by atoms with Gasteiger partial charge in [-0.2, -0.15) is 0 Å². The van der Waals surface area contributed by atoms with Crippen molar-refractivity contribution in [3.05, 3.63) is 85.1 Å². The number of nitrogens with two attached hydrogens (primary N) is 1. The standard InChI is InChI=1S/C36H56NO10P/c1-3-5-7-9-11-13-15-16-18-20-22-24-26-28-35(39)47-32(30-45-48(42,43)46-31-33(37)36(40)41)29-44-34(38)27-25-23-21-19-17-14-12-10-8-6-4-2/h5,7,9-18,20,22,32-33H,3-4,6,8,19,21,23-31,37H2,1-2H3,(H,40,41)(H,42,43)/b7-5+,11-9+,12-10+,15-13+,17-14+,18-16+,22-20+/t32?,33-/m0/s1. The average molecular weight is 694 g/mol. The number of allylic oxidation sites excluding steroid dienone is 14. The summed E-state index contributed by atoms with van der Waals surface area (Å²) in [6.45, 7) is 2.43. The number of rotatable bonds is 29. The van der Waals surface area contributed by atoms with E-state index in [9.17, 15) is 23.8 Å². The van der Waals surface area contributed by atoms with E-state index in [1.165, 1.54) is 12.8 Å². The molecule has 4 N–H and O–H groups in total. The Hall–Kier alpha value is -3.34. The van der Waals surface area contributed by atoms with E-state index in [-0.39, 0.29) is 12.8 Å². The second-order valence-electron chi connectivity index (χ2n) is 10.7. The highest BCUT2D eigenvalue weighted by molar-refractivity contribution is 7.47. The van der Waals surface area contributed by atoms with Crippen LogP contribution in [0.3, 0.4) is 0 Å². The third-order valence-corrected chi connectivity index (χ3v) is 7.23. The van der Waals surface area contributed by atoms with Gasteiger partial charge < -0.3 is 25.2 Å². The van der Waals surface area contributed by atoms with Crippen LogP contribution in [0, 0.1) is 0 Å². The Balaban J connectivity index is 4.73. The number of carbonyl (C=O) groups is 3. The Kier molecular flexibility index (Phi) is 28.8. The number of ether oxygens (including phenoxy) is 2. The third-order valence-electron chi connectivity index (χ3n) is 6.28. The van der Waals surface area contributed by atoms with E-state index in [0.717, 1.165) is 32.1 Å². The normalized spacial score (nSPS) is 15.1. The van der Waals surface area contributed by atoms with Gasteiger partial charge in [-0.25, -0.2) is 4.57 Å². The van der Waals surface area contributed by atoms with Gasteiger partial charge in [-0.1, -0.05) is 118 Å². The summed E-state index contributed by atoms with van der Waals surface area (Å²) in [6, 6.07) is -1.54. The summed E-state index contributed by atoms with van der Waals surface area (Å²) >= 11 is 0. The van der Waals surface area contributed by atoms with Gasteiger partial charge in [0.05, 0.1) is 13.2 Å². The Morgan fingerprint density at radius 1 is 0.667 bits per heavy atom. The molecule has 0 saturated heterocycles. The molecule has 3 atom stereocenters. The van der Waals surface area contributed by atoms with Gasteiger partial charge in [0.15, 0.2) is 6.10 Å². The molecule has 0 radical (unpaired) electrons. The molecule has 0 aliphatic rings. The van der Waals surface area contributed by atoms with Gasteiger partial charge in [-0.3, -0.25) is 23.4 Å². The molecule has 12 heteroatoms. The van der Waals surface area contributed by atoms with E-state index >= 15 is 0 Å². The predicted octanol–water partition coefficient (Wildman–Crippen LogP) is 7.60. The minimum atomic E-state index is -4.73. The Morgan fingerprint density at radius 3 is 1.79 bits per heavy atom. The lowest BCUT2D eigenvalue weighted by atomic mass is 10.1. The van der Waals surface area contributed by atoms with E-state index < -0.39 is 57.7 Å². The summed E-state index contributed by atoms with van der Waals surface area (Å²) in [6.07, 6.45) is 35.4. The zero-order valence-corrected chi connectivity index (χ0v) is 29.4. The number of carboxylic acid groups (broad SMARTS) is 1. The molecule has 270 valence electrons. The number of phosphoric ester groups is 1. The van der Waals surface area contributed by atoms with Crippen LogP contribution in [0.1, 0.15) is 90.9 Å². The van der Waals surface area contributed by atoms with Gasteiger partial charge >= 0.3 is 25.7 Å². The minimum absolute atomic E-state index is 0.0538. The molecule has 0 heterocycles. The highest BCUT2D eigenvalue weighted by Gasteiger charge is 2.28. The molecule has 0 aromatic rings. The van der Waals surface area contributed by atoms with Gasteiger partial charge in [0.2, 0.25) is 0 Å². The van der Waals surface area contributed by atoms with Crippen molar-refractivity contribution in [3.63, 3.8) is 0 Å². The van der Waals surface area contributed by atoms with Crippen LogP contribution in [0.5, 0.6) is 0 Å². The largest absolute Gasteiger partial charge is 0.480 e. The smallest absolute Gasteiger partial charge is 0.472 e. The van der Waals surface area contributed by atoms with Crippen LogP contribution in [0.2, 0.25) is 0 Å².